The normalized spacial score (nSPS) is 15.3. The number of rotatable bonds is 3. The monoisotopic (exact) mass is 354 g/mol. The van der Waals surface area contributed by atoms with Crippen molar-refractivity contribution < 1.29 is 31.4 Å². The molecule has 8 heteroatoms. The molecule has 2 rings (SSSR count). The molecule has 0 spiro atoms. The standard InChI is InChI=1S/C15H9ClF6O/c16-12-4-2-1-3-11(12)13(23,14(18,19)15(20,21)22)9-5-7-10(17)8-6-9/h1-8,23H. The van der Waals surface area contributed by atoms with Gasteiger partial charge in [-0.15, -0.1) is 0 Å². The van der Waals surface area contributed by atoms with Crippen LogP contribution in [0.4, 0.5) is 26.3 Å². The van der Waals surface area contributed by atoms with E-state index in [0.29, 0.717) is 24.3 Å². The van der Waals surface area contributed by atoms with Gasteiger partial charge < -0.3 is 5.11 Å². The van der Waals surface area contributed by atoms with Gasteiger partial charge in [0.25, 0.3) is 0 Å². The van der Waals surface area contributed by atoms with Crippen LogP contribution in [-0.2, 0) is 5.60 Å². The molecule has 124 valence electrons. The van der Waals surface area contributed by atoms with Crippen LogP contribution in [0.2, 0.25) is 5.02 Å². The number of alkyl halides is 5. The van der Waals surface area contributed by atoms with Gasteiger partial charge >= 0.3 is 12.1 Å². The van der Waals surface area contributed by atoms with Crippen molar-refractivity contribution in [1.29, 1.82) is 0 Å². The quantitative estimate of drug-likeness (QED) is 0.776. The largest absolute Gasteiger partial charge is 0.457 e. The van der Waals surface area contributed by atoms with E-state index < -0.39 is 39.7 Å². The summed E-state index contributed by atoms with van der Waals surface area (Å²) in [7, 11) is 0. The highest BCUT2D eigenvalue weighted by Gasteiger charge is 2.71. The third-order valence-electron chi connectivity index (χ3n) is 3.34. The molecule has 0 heterocycles. The summed E-state index contributed by atoms with van der Waals surface area (Å²) in [4.78, 5) is 0. The Morgan fingerprint density at radius 3 is 1.83 bits per heavy atom. The van der Waals surface area contributed by atoms with Gasteiger partial charge in [0.2, 0.25) is 0 Å². The van der Waals surface area contributed by atoms with Crippen LogP contribution in [0.5, 0.6) is 0 Å². The Morgan fingerprint density at radius 2 is 1.35 bits per heavy atom. The van der Waals surface area contributed by atoms with E-state index in [0.717, 1.165) is 18.2 Å². The molecule has 0 amide bonds. The lowest BCUT2D eigenvalue weighted by Crippen LogP contribution is -2.55. The van der Waals surface area contributed by atoms with Crippen molar-refractivity contribution in [3.05, 3.63) is 70.5 Å². The summed E-state index contributed by atoms with van der Waals surface area (Å²) in [6, 6.07) is 7.03. The number of halogens is 7. The van der Waals surface area contributed by atoms with E-state index >= 15 is 0 Å². The first kappa shape index (κ1) is 17.6. The lowest BCUT2D eigenvalue weighted by atomic mass is 9.80. The molecule has 0 aromatic heterocycles. The van der Waals surface area contributed by atoms with E-state index in [4.69, 9.17) is 11.6 Å². The van der Waals surface area contributed by atoms with Crippen molar-refractivity contribution in [1.82, 2.24) is 0 Å². The summed E-state index contributed by atoms with van der Waals surface area (Å²) in [6.45, 7) is 0. The van der Waals surface area contributed by atoms with E-state index in [2.05, 4.69) is 0 Å². The van der Waals surface area contributed by atoms with E-state index in [1.807, 2.05) is 0 Å². The minimum absolute atomic E-state index is 0.483. The lowest BCUT2D eigenvalue weighted by Gasteiger charge is -2.38. The third kappa shape index (κ3) is 2.79. The third-order valence-corrected chi connectivity index (χ3v) is 3.67. The number of benzene rings is 2. The number of aliphatic hydroxyl groups is 1. The lowest BCUT2D eigenvalue weighted by molar-refractivity contribution is -0.336. The summed E-state index contributed by atoms with van der Waals surface area (Å²) in [5.41, 5.74) is -5.48. The molecule has 0 aliphatic rings. The molecule has 23 heavy (non-hydrogen) atoms. The fourth-order valence-corrected chi connectivity index (χ4v) is 2.43. The van der Waals surface area contributed by atoms with Gasteiger partial charge in [-0.2, -0.15) is 22.0 Å². The Kier molecular flexibility index (Phi) is 4.38. The maximum Gasteiger partial charge on any atom is 0.457 e. The minimum atomic E-state index is -6.06. The molecule has 1 atom stereocenters. The first-order valence-electron chi connectivity index (χ1n) is 6.20. The van der Waals surface area contributed by atoms with Crippen LogP contribution < -0.4 is 0 Å². The summed E-state index contributed by atoms with van der Waals surface area (Å²) < 4.78 is 79.8. The van der Waals surface area contributed by atoms with Crippen molar-refractivity contribution >= 4 is 11.6 Å². The van der Waals surface area contributed by atoms with Crippen LogP contribution in [0.3, 0.4) is 0 Å². The van der Waals surface area contributed by atoms with Crippen molar-refractivity contribution in [3.63, 3.8) is 0 Å². The average molecular weight is 355 g/mol. The van der Waals surface area contributed by atoms with E-state index in [-0.39, 0.29) is 0 Å². The van der Waals surface area contributed by atoms with Crippen molar-refractivity contribution in [2.24, 2.45) is 0 Å². The fourth-order valence-electron chi connectivity index (χ4n) is 2.16. The molecule has 0 radical (unpaired) electrons. The molecule has 0 fully saturated rings. The minimum Gasteiger partial charge on any atom is -0.374 e. The molecule has 0 aliphatic carbocycles. The first-order chi connectivity index (χ1) is 10.5. The fraction of sp³-hybridized carbons (Fsp3) is 0.200. The van der Waals surface area contributed by atoms with Crippen LogP contribution in [0.1, 0.15) is 11.1 Å². The van der Waals surface area contributed by atoms with Gasteiger partial charge in [-0.1, -0.05) is 41.9 Å². The van der Waals surface area contributed by atoms with Crippen LogP contribution >= 0.6 is 11.6 Å². The molecule has 1 N–H and O–H groups in total. The zero-order valence-corrected chi connectivity index (χ0v) is 12.0. The van der Waals surface area contributed by atoms with Crippen LogP contribution in [0, 0.1) is 5.82 Å². The molecule has 0 saturated carbocycles. The maximum absolute atomic E-state index is 14.1. The van der Waals surface area contributed by atoms with E-state index in [1.54, 1.807) is 0 Å². The highest BCUT2D eigenvalue weighted by atomic mass is 35.5. The zero-order chi connectivity index (χ0) is 17.5. The van der Waals surface area contributed by atoms with Gasteiger partial charge in [0.05, 0.1) is 0 Å². The van der Waals surface area contributed by atoms with Gasteiger partial charge in [0.15, 0.2) is 5.60 Å². The van der Waals surface area contributed by atoms with Gasteiger partial charge in [-0.25, -0.2) is 4.39 Å². The van der Waals surface area contributed by atoms with Gasteiger partial charge in [0.1, 0.15) is 5.82 Å². The average Bonchev–Trinajstić information content (AvgIpc) is 2.46. The number of hydrogen-bond donors (Lipinski definition) is 1. The highest BCUT2D eigenvalue weighted by Crippen LogP contribution is 2.52. The second kappa shape index (κ2) is 5.72. The van der Waals surface area contributed by atoms with E-state index in [1.165, 1.54) is 6.07 Å². The Hall–Kier alpha value is -1.73. The molecule has 0 saturated heterocycles. The van der Waals surface area contributed by atoms with Crippen molar-refractivity contribution in [2.75, 3.05) is 0 Å². The van der Waals surface area contributed by atoms with Crippen molar-refractivity contribution in [2.45, 2.75) is 17.7 Å². The van der Waals surface area contributed by atoms with Gasteiger partial charge in [0, 0.05) is 10.6 Å². The predicted octanol–water partition coefficient (Wildman–Crippen LogP) is 4.91. The van der Waals surface area contributed by atoms with Crippen LogP contribution in [0.15, 0.2) is 48.5 Å². The highest BCUT2D eigenvalue weighted by molar-refractivity contribution is 6.31. The maximum atomic E-state index is 14.1. The first-order valence-corrected chi connectivity index (χ1v) is 6.57. The second-order valence-corrected chi connectivity index (χ2v) is 5.18. The van der Waals surface area contributed by atoms with Crippen LogP contribution in [-0.4, -0.2) is 17.2 Å². The molecule has 0 aliphatic heterocycles. The molecule has 1 nitrogen and oxygen atoms in total. The van der Waals surface area contributed by atoms with Gasteiger partial charge in [-0.05, 0) is 23.8 Å². The van der Waals surface area contributed by atoms with Crippen molar-refractivity contribution in [3.8, 4) is 0 Å². The Morgan fingerprint density at radius 1 is 0.826 bits per heavy atom. The Labute approximate surface area is 132 Å². The molecular weight excluding hydrogens is 346 g/mol. The van der Waals surface area contributed by atoms with E-state index in [9.17, 15) is 31.4 Å². The van der Waals surface area contributed by atoms with Gasteiger partial charge in [-0.3, -0.25) is 0 Å². The topological polar surface area (TPSA) is 20.2 Å². The Balaban J connectivity index is 2.80. The SMILES string of the molecule is OC(c1ccc(F)cc1)(c1ccccc1Cl)C(F)(F)C(F)(F)F. The summed E-state index contributed by atoms with van der Waals surface area (Å²) >= 11 is 5.71. The number of hydrogen-bond acceptors (Lipinski definition) is 1. The molecule has 0 bridgehead atoms. The molecule has 1 unspecified atom stereocenters. The molecule has 2 aromatic carbocycles. The summed E-state index contributed by atoms with van der Waals surface area (Å²) in [5, 5.41) is 9.93. The predicted molar refractivity (Wildman–Crippen MR) is 71.9 cm³/mol. The second-order valence-electron chi connectivity index (χ2n) is 4.77. The Bertz CT molecular complexity index is 698. The zero-order valence-electron chi connectivity index (χ0n) is 11.2. The van der Waals surface area contributed by atoms with Crippen LogP contribution in [0.25, 0.3) is 0 Å². The smallest absolute Gasteiger partial charge is 0.374 e. The summed E-state index contributed by atoms with van der Waals surface area (Å²) in [5.74, 6) is -6.42. The molecular formula is C15H9ClF6O. The molecule has 2 aromatic rings. The summed E-state index contributed by atoms with van der Waals surface area (Å²) in [6.07, 6.45) is -6.06.